The van der Waals surface area contributed by atoms with E-state index >= 15 is 0 Å². The lowest BCUT2D eigenvalue weighted by Gasteiger charge is -2.16. The number of urea groups is 1. The van der Waals surface area contributed by atoms with Crippen molar-refractivity contribution in [3.8, 4) is 5.75 Å². The number of ether oxygens (including phenoxy) is 1. The van der Waals surface area contributed by atoms with Crippen molar-refractivity contribution in [2.24, 2.45) is 0 Å². The summed E-state index contributed by atoms with van der Waals surface area (Å²) in [4.78, 5) is 34.6. The molecule has 0 unspecified atom stereocenters. The van der Waals surface area contributed by atoms with Crippen LogP contribution in [0.4, 0.5) is 10.5 Å². The van der Waals surface area contributed by atoms with Crippen LogP contribution in [0.15, 0.2) is 24.3 Å². The number of amides is 4. The molecule has 1 aliphatic rings. The summed E-state index contributed by atoms with van der Waals surface area (Å²) in [7, 11) is 0. The molecule has 1 heterocycles. The molecule has 1 aromatic carbocycles. The Kier molecular flexibility index (Phi) is 7.06. The summed E-state index contributed by atoms with van der Waals surface area (Å²) in [5, 5.41) is 10.8. The van der Waals surface area contributed by atoms with Crippen LogP contribution in [0.2, 0.25) is 0 Å². The number of anilines is 1. The van der Waals surface area contributed by atoms with Crippen LogP contribution in [-0.2, 0) is 9.59 Å². The Bertz CT molecular complexity index is 620. The molecule has 0 saturated carbocycles. The first-order valence-electron chi connectivity index (χ1n) is 8.37. The van der Waals surface area contributed by atoms with Crippen molar-refractivity contribution in [3.05, 3.63) is 24.3 Å². The highest BCUT2D eigenvalue weighted by Gasteiger charge is 2.21. The van der Waals surface area contributed by atoms with E-state index in [1.54, 1.807) is 24.3 Å². The van der Waals surface area contributed by atoms with Crippen molar-refractivity contribution < 1.29 is 19.1 Å². The van der Waals surface area contributed by atoms with Gasteiger partial charge < -0.3 is 26.0 Å². The Morgan fingerprint density at radius 3 is 2.96 bits per heavy atom. The predicted octanol–water partition coefficient (Wildman–Crippen LogP) is 0.992. The second kappa shape index (κ2) is 9.51. The minimum absolute atomic E-state index is 0.140. The van der Waals surface area contributed by atoms with E-state index in [1.165, 1.54) is 6.92 Å². The number of nitrogens with one attached hydrogen (secondary N) is 4. The van der Waals surface area contributed by atoms with Gasteiger partial charge >= 0.3 is 6.03 Å². The lowest BCUT2D eigenvalue weighted by Crippen LogP contribution is -2.49. The SMILES string of the molecule is CC(=O)Nc1cccc(OCCNC(=O)N[C@@H]2CCCCNC2=O)c1. The molecular formula is C17H24N4O4. The molecule has 136 valence electrons. The van der Waals surface area contributed by atoms with Gasteiger partial charge in [0.25, 0.3) is 0 Å². The zero-order valence-electron chi connectivity index (χ0n) is 14.3. The second-order valence-corrected chi connectivity index (χ2v) is 5.80. The van der Waals surface area contributed by atoms with Crippen LogP contribution in [-0.4, -0.2) is 43.6 Å². The Morgan fingerprint density at radius 2 is 2.16 bits per heavy atom. The minimum Gasteiger partial charge on any atom is -0.492 e. The molecule has 1 aliphatic heterocycles. The van der Waals surface area contributed by atoms with Crippen molar-refractivity contribution >= 4 is 23.5 Å². The van der Waals surface area contributed by atoms with Gasteiger partial charge in [-0.2, -0.15) is 0 Å². The maximum Gasteiger partial charge on any atom is 0.315 e. The highest BCUT2D eigenvalue weighted by molar-refractivity contribution is 5.89. The number of rotatable bonds is 6. The zero-order chi connectivity index (χ0) is 18.1. The second-order valence-electron chi connectivity index (χ2n) is 5.80. The van der Waals surface area contributed by atoms with E-state index in [4.69, 9.17) is 4.74 Å². The summed E-state index contributed by atoms with van der Waals surface area (Å²) >= 11 is 0. The molecule has 4 N–H and O–H groups in total. The third kappa shape index (κ3) is 6.70. The van der Waals surface area contributed by atoms with Crippen molar-refractivity contribution in [1.29, 1.82) is 0 Å². The normalized spacial score (nSPS) is 17.0. The first kappa shape index (κ1) is 18.6. The Morgan fingerprint density at radius 1 is 1.32 bits per heavy atom. The Hall–Kier alpha value is -2.77. The third-order valence-electron chi connectivity index (χ3n) is 3.65. The van der Waals surface area contributed by atoms with Crippen LogP contribution in [0.1, 0.15) is 26.2 Å². The van der Waals surface area contributed by atoms with E-state index < -0.39 is 12.1 Å². The molecule has 0 aromatic heterocycles. The fraction of sp³-hybridized carbons (Fsp3) is 0.471. The number of hydrogen-bond acceptors (Lipinski definition) is 4. The summed E-state index contributed by atoms with van der Waals surface area (Å²) in [5.41, 5.74) is 0.648. The molecule has 25 heavy (non-hydrogen) atoms. The molecule has 1 aromatic rings. The van der Waals surface area contributed by atoms with E-state index in [2.05, 4.69) is 21.3 Å². The number of carbonyl (C=O) groups is 3. The van der Waals surface area contributed by atoms with Gasteiger partial charge in [-0.3, -0.25) is 9.59 Å². The van der Waals surface area contributed by atoms with Gasteiger partial charge in [-0.25, -0.2) is 4.79 Å². The van der Waals surface area contributed by atoms with Gasteiger partial charge in [0.15, 0.2) is 0 Å². The zero-order valence-corrected chi connectivity index (χ0v) is 14.3. The highest BCUT2D eigenvalue weighted by atomic mass is 16.5. The van der Waals surface area contributed by atoms with Gasteiger partial charge in [-0.15, -0.1) is 0 Å². The van der Waals surface area contributed by atoms with E-state index in [1.807, 2.05) is 0 Å². The first-order chi connectivity index (χ1) is 12.0. The average Bonchev–Trinajstić information content (AvgIpc) is 2.76. The van der Waals surface area contributed by atoms with Gasteiger partial charge in [0.2, 0.25) is 11.8 Å². The molecule has 0 radical (unpaired) electrons. The maximum absolute atomic E-state index is 11.9. The van der Waals surface area contributed by atoms with E-state index in [-0.39, 0.29) is 18.4 Å². The Balaban J connectivity index is 1.69. The lowest BCUT2D eigenvalue weighted by atomic mass is 10.1. The smallest absolute Gasteiger partial charge is 0.315 e. The monoisotopic (exact) mass is 348 g/mol. The van der Waals surface area contributed by atoms with Crippen LogP contribution in [0.25, 0.3) is 0 Å². The van der Waals surface area contributed by atoms with Crippen molar-refractivity contribution in [2.75, 3.05) is 25.0 Å². The molecule has 4 amide bonds. The number of benzene rings is 1. The maximum atomic E-state index is 11.9. The highest BCUT2D eigenvalue weighted by Crippen LogP contribution is 2.17. The van der Waals surface area contributed by atoms with Gasteiger partial charge in [-0.1, -0.05) is 6.07 Å². The molecule has 8 nitrogen and oxygen atoms in total. The molecule has 0 aliphatic carbocycles. The Labute approximate surface area is 146 Å². The van der Waals surface area contributed by atoms with Crippen LogP contribution < -0.4 is 26.0 Å². The topological polar surface area (TPSA) is 109 Å². The number of carbonyl (C=O) groups excluding carboxylic acids is 3. The molecule has 0 bridgehead atoms. The van der Waals surface area contributed by atoms with E-state index in [0.29, 0.717) is 30.9 Å². The van der Waals surface area contributed by atoms with Gasteiger partial charge in [0.1, 0.15) is 18.4 Å². The van der Waals surface area contributed by atoms with Gasteiger partial charge in [0.05, 0.1) is 6.54 Å². The van der Waals surface area contributed by atoms with Crippen molar-refractivity contribution in [3.63, 3.8) is 0 Å². The summed E-state index contributed by atoms with van der Waals surface area (Å²) in [5.74, 6) is 0.299. The van der Waals surface area contributed by atoms with Crippen molar-refractivity contribution in [2.45, 2.75) is 32.2 Å². The quantitative estimate of drug-likeness (QED) is 0.575. The van der Waals surface area contributed by atoms with Crippen LogP contribution in [0, 0.1) is 0 Å². The molecule has 1 fully saturated rings. The van der Waals surface area contributed by atoms with Crippen LogP contribution in [0.5, 0.6) is 5.75 Å². The van der Waals surface area contributed by atoms with E-state index in [0.717, 1.165) is 12.8 Å². The van der Waals surface area contributed by atoms with Crippen LogP contribution >= 0.6 is 0 Å². The van der Waals surface area contributed by atoms with Crippen molar-refractivity contribution in [1.82, 2.24) is 16.0 Å². The summed E-state index contributed by atoms with van der Waals surface area (Å²) < 4.78 is 5.54. The van der Waals surface area contributed by atoms with Gasteiger partial charge in [-0.05, 0) is 31.4 Å². The minimum atomic E-state index is -0.488. The first-order valence-corrected chi connectivity index (χ1v) is 8.37. The largest absolute Gasteiger partial charge is 0.492 e. The van der Waals surface area contributed by atoms with Crippen LogP contribution in [0.3, 0.4) is 0 Å². The third-order valence-corrected chi connectivity index (χ3v) is 3.65. The average molecular weight is 348 g/mol. The number of hydrogen-bond donors (Lipinski definition) is 4. The molecule has 2 rings (SSSR count). The fourth-order valence-corrected chi connectivity index (χ4v) is 2.49. The summed E-state index contributed by atoms with van der Waals surface area (Å²) in [6.07, 6.45) is 2.47. The summed E-state index contributed by atoms with van der Waals surface area (Å²) in [6.45, 7) is 2.66. The predicted molar refractivity (Wildman–Crippen MR) is 93.4 cm³/mol. The summed E-state index contributed by atoms with van der Waals surface area (Å²) in [6, 6.07) is 6.12. The lowest BCUT2D eigenvalue weighted by molar-refractivity contribution is -0.122. The van der Waals surface area contributed by atoms with Gasteiger partial charge in [0, 0.05) is 25.2 Å². The van der Waals surface area contributed by atoms with E-state index in [9.17, 15) is 14.4 Å². The molecule has 0 spiro atoms. The fourth-order valence-electron chi connectivity index (χ4n) is 2.49. The molecule has 8 heteroatoms. The molecule has 1 atom stereocenters. The molecule has 1 saturated heterocycles. The standard InChI is InChI=1S/C17H24N4O4/c1-12(22)20-13-5-4-6-14(11-13)25-10-9-19-17(24)21-15-7-2-3-8-18-16(15)23/h4-6,11,15H,2-3,7-10H2,1H3,(H,18,23)(H,20,22)(H2,19,21,24)/t15-/m1/s1. The molecular weight excluding hydrogens is 324 g/mol.